The van der Waals surface area contributed by atoms with Gasteiger partial charge in [-0.05, 0) is 31.5 Å². The molecule has 0 aliphatic heterocycles. The molecular weight excluding hydrogens is 176 g/mol. The van der Waals surface area contributed by atoms with Crippen molar-refractivity contribution in [3.05, 3.63) is 29.3 Å². The SMILES string of the molecule is C/C=C/c1cc(C)cc(OC)c1OC. The Morgan fingerprint density at radius 1 is 1.14 bits per heavy atom. The molecule has 14 heavy (non-hydrogen) atoms. The number of aryl methyl sites for hydroxylation is 1. The quantitative estimate of drug-likeness (QED) is 0.732. The summed E-state index contributed by atoms with van der Waals surface area (Å²) in [5.74, 6) is 1.57. The third-order valence-corrected chi connectivity index (χ3v) is 2.00. The second kappa shape index (κ2) is 4.70. The maximum atomic E-state index is 5.30. The van der Waals surface area contributed by atoms with Crippen molar-refractivity contribution < 1.29 is 9.47 Å². The Labute approximate surface area is 85.2 Å². The van der Waals surface area contributed by atoms with E-state index in [-0.39, 0.29) is 0 Å². The van der Waals surface area contributed by atoms with Crippen LogP contribution in [-0.2, 0) is 0 Å². The van der Waals surface area contributed by atoms with Crippen LogP contribution in [0.5, 0.6) is 11.5 Å². The molecule has 1 aromatic carbocycles. The van der Waals surface area contributed by atoms with Crippen LogP contribution < -0.4 is 9.47 Å². The van der Waals surface area contributed by atoms with Gasteiger partial charge in [-0.25, -0.2) is 0 Å². The van der Waals surface area contributed by atoms with E-state index in [4.69, 9.17) is 9.47 Å². The van der Waals surface area contributed by atoms with Gasteiger partial charge in [0.05, 0.1) is 14.2 Å². The van der Waals surface area contributed by atoms with E-state index < -0.39 is 0 Å². The third kappa shape index (κ3) is 2.08. The highest BCUT2D eigenvalue weighted by Crippen LogP contribution is 2.33. The van der Waals surface area contributed by atoms with Crippen molar-refractivity contribution in [1.29, 1.82) is 0 Å². The maximum absolute atomic E-state index is 5.30. The molecule has 0 saturated heterocycles. The second-order valence-corrected chi connectivity index (χ2v) is 3.09. The van der Waals surface area contributed by atoms with Crippen LogP contribution >= 0.6 is 0 Å². The molecule has 0 fully saturated rings. The Kier molecular flexibility index (Phi) is 3.57. The van der Waals surface area contributed by atoms with Gasteiger partial charge in [-0.3, -0.25) is 0 Å². The Morgan fingerprint density at radius 3 is 2.36 bits per heavy atom. The van der Waals surface area contributed by atoms with E-state index in [1.807, 2.05) is 32.1 Å². The molecule has 0 atom stereocenters. The molecule has 0 unspecified atom stereocenters. The monoisotopic (exact) mass is 192 g/mol. The lowest BCUT2D eigenvalue weighted by Gasteiger charge is -2.11. The van der Waals surface area contributed by atoms with Crippen molar-refractivity contribution in [1.82, 2.24) is 0 Å². The largest absolute Gasteiger partial charge is 0.493 e. The van der Waals surface area contributed by atoms with Gasteiger partial charge in [0.2, 0.25) is 0 Å². The molecule has 0 saturated carbocycles. The molecule has 0 aliphatic carbocycles. The van der Waals surface area contributed by atoms with E-state index in [2.05, 4.69) is 6.07 Å². The van der Waals surface area contributed by atoms with E-state index in [0.29, 0.717) is 0 Å². The lowest BCUT2D eigenvalue weighted by atomic mass is 10.1. The third-order valence-electron chi connectivity index (χ3n) is 2.00. The average Bonchev–Trinajstić information content (AvgIpc) is 2.17. The molecule has 0 radical (unpaired) electrons. The highest BCUT2D eigenvalue weighted by Gasteiger charge is 2.08. The van der Waals surface area contributed by atoms with Crippen molar-refractivity contribution in [2.75, 3.05) is 14.2 Å². The molecule has 2 nitrogen and oxygen atoms in total. The number of hydrogen-bond acceptors (Lipinski definition) is 2. The molecule has 0 aliphatic rings. The Balaban J connectivity index is 3.31. The number of benzene rings is 1. The minimum atomic E-state index is 0.778. The zero-order valence-electron chi connectivity index (χ0n) is 9.13. The molecular formula is C12H16O2. The molecule has 2 heteroatoms. The van der Waals surface area contributed by atoms with Crippen LogP contribution in [0.1, 0.15) is 18.1 Å². The van der Waals surface area contributed by atoms with Gasteiger partial charge in [-0.1, -0.05) is 12.2 Å². The second-order valence-electron chi connectivity index (χ2n) is 3.09. The van der Waals surface area contributed by atoms with Crippen molar-refractivity contribution in [2.45, 2.75) is 13.8 Å². The minimum Gasteiger partial charge on any atom is -0.493 e. The van der Waals surface area contributed by atoms with Crippen molar-refractivity contribution in [2.24, 2.45) is 0 Å². The summed E-state index contributed by atoms with van der Waals surface area (Å²) in [6.45, 7) is 4.02. The average molecular weight is 192 g/mol. The van der Waals surface area contributed by atoms with E-state index >= 15 is 0 Å². The molecule has 0 heterocycles. The summed E-state index contributed by atoms with van der Waals surface area (Å²) in [6.07, 6.45) is 3.99. The zero-order chi connectivity index (χ0) is 10.6. The van der Waals surface area contributed by atoms with Gasteiger partial charge in [0.15, 0.2) is 11.5 Å². The molecule has 0 aromatic heterocycles. The van der Waals surface area contributed by atoms with E-state index in [1.165, 1.54) is 0 Å². The first-order valence-corrected chi connectivity index (χ1v) is 4.58. The van der Waals surface area contributed by atoms with Crippen LogP contribution in [0.2, 0.25) is 0 Å². The number of allylic oxidation sites excluding steroid dienone is 1. The van der Waals surface area contributed by atoms with Gasteiger partial charge in [-0.15, -0.1) is 0 Å². The Hall–Kier alpha value is -1.44. The summed E-state index contributed by atoms with van der Waals surface area (Å²) >= 11 is 0. The van der Waals surface area contributed by atoms with Gasteiger partial charge in [0, 0.05) is 5.56 Å². The normalized spacial score (nSPS) is 10.6. The van der Waals surface area contributed by atoms with Gasteiger partial charge >= 0.3 is 0 Å². The topological polar surface area (TPSA) is 18.5 Å². The van der Waals surface area contributed by atoms with Gasteiger partial charge < -0.3 is 9.47 Å². The van der Waals surface area contributed by atoms with Crippen LogP contribution in [0.15, 0.2) is 18.2 Å². The lowest BCUT2D eigenvalue weighted by Crippen LogP contribution is -1.93. The first kappa shape index (κ1) is 10.6. The van der Waals surface area contributed by atoms with Crippen LogP contribution in [-0.4, -0.2) is 14.2 Å². The summed E-state index contributed by atoms with van der Waals surface area (Å²) in [5, 5.41) is 0. The number of methoxy groups -OCH3 is 2. The number of rotatable bonds is 3. The fraction of sp³-hybridized carbons (Fsp3) is 0.333. The molecule has 0 spiro atoms. The standard InChI is InChI=1S/C12H16O2/c1-5-6-10-7-9(2)8-11(13-3)12(10)14-4/h5-8H,1-4H3/b6-5+. The highest BCUT2D eigenvalue weighted by atomic mass is 16.5. The zero-order valence-corrected chi connectivity index (χ0v) is 9.13. The Bertz CT molecular complexity index is 340. The van der Waals surface area contributed by atoms with Gasteiger partial charge in [-0.2, -0.15) is 0 Å². The number of ether oxygens (including phenoxy) is 2. The van der Waals surface area contributed by atoms with Crippen LogP contribution in [0.4, 0.5) is 0 Å². The molecule has 76 valence electrons. The highest BCUT2D eigenvalue weighted by molar-refractivity contribution is 5.63. The summed E-state index contributed by atoms with van der Waals surface area (Å²) in [7, 11) is 3.30. The molecule has 0 N–H and O–H groups in total. The van der Waals surface area contributed by atoms with E-state index in [9.17, 15) is 0 Å². The van der Waals surface area contributed by atoms with Crippen LogP contribution in [0.3, 0.4) is 0 Å². The van der Waals surface area contributed by atoms with Gasteiger partial charge in [0.1, 0.15) is 0 Å². The summed E-state index contributed by atoms with van der Waals surface area (Å²) < 4.78 is 10.5. The first-order valence-electron chi connectivity index (χ1n) is 4.58. The molecule has 0 amide bonds. The first-order chi connectivity index (χ1) is 6.72. The van der Waals surface area contributed by atoms with E-state index in [1.54, 1.807) is 14.2 Å². The summed E-state index contributed by atoms with van der Waals surface area (Å²) in [6, 6.07) is 4.03. The smallest absolute Gasteiger partial charge is 0.167 e. The summed E-state index contributed by atoms with van der Waals surface area (Å²) in [4.78, 5) is 0. The maximum Gasteiger partial charge on any atom is 0.167 e. The van der Waals surface area contributed by atoms with Gasteiger partial charge in [0.25, 0.3) is 0 Å². The molecule has 0 bridgehead atoms. The Morgan fingerprint density at radius 2 is 1.86 bits per heavy atom. The number of hydrogen-bond donors (Lipinski definition) is 0. The fourth-order valence-electron chi connectivity index (χ4n) is 1.44. The fourth-order valence-corrected chi connectivity index (χ4v) is 1.44. The van der Waals surface area contributed by atoms with Crippen molar-refractivity contribution in [3.8, 4) is 11.5 Å². The van der Waals surface area contributed by atoms with E-state index in [0.717, 1.165) is 22.6 Å². The van der Waals surface area contributed by atoms with Crippen molar-refractivity contribution in [3.63, 3.8) is 0 Å². The summed E-state index contributed by atoms with van der Waals surface area (Å²) in [5.41, 5.74) is 2.21. The van der Waals surface area contributed by atoms with Crippen molar-refractivity contribution >= 4 is 6.08 Å². The van der Waals surface area contributed by atoms with Crippen LogP contribution in [0.25, 0.3) is 6.08 Å². The lowest BCUT2D eigenvalue weighted by molar-refractivity contribution is 0.354. The molecule has 1 aromatic rings. The predicted molar refractivity (Wildman–Crippen MR) is 59.0 cm³/mol. The molecule has 1 rings (SSSR count). The minimum absolute atomic E-state index is 0.778. The predicted octanol–water partition coefficient (Wildman–Crippen LogP) is 3.05. The van der Waals surface area contributed by atoms with Crippen LogP contribution in [0, 0.1) is 6.92 Å².